The van der Waals surface area contributed by atoms with Crippen LogP contribution in [0.4, 0.5) is 0 Å². The Kier molecular flexibility index (Phi) is 31.8. The largest absolute Gasteiger partial charge is 0.412 e. The second kappa shape index (κ2) is 16.3. The van der Waals surface area contributed by atoms with E-state index < -0.39 is 0 Å². The van der Waals surface area contributed by atoms with Crippen molar-refractivity contribution in [3.63, 3.8) is 0 Å². The van der Waals surface area contributed by atoms with Crippen LogP contribution in [0.2, 0.25) is 0 Å². The minimum absolute atomic E-state index is 0. The predicted octanol–water partition coefficient (Wildman–Crippen LogP) is -1.02. The van der Waals surface area contributed by atoms with Crippen molar-refractivity contribution in [2.75, 3.05) is 0 Å². The van der Waals surface area contributed by atoms with Crippen molar-refractivity contribution in [3.8, 4) is 0 Å². The molecule has 0 saturated carbocycles. The minimum atomic E-state index is -0.167. The summed E-state index contributed by atoms with van der Waals surface area (Å²) >= 11 is 0. The first-order chi connectivity index (χ1) is 3.15. The average molecular weight is 122 g/mol. The molecular formula is C4H10O4. The highest BCUT2D eigenvalue weighted by atomic mass is 16.3. The molecule has 0 aromatic rings. The molecule has 8 heavy (non-hydrogen) atoms. The van der Waals surface area contributed by atoms with Gasteiger partial charge in [-0.1, -0.05) is 0 Å². The summed E-state index contributed by atoms with van der Waals surface area (Å²) in [6, 6.07) is 0. The Morgan fingerprint density at radius 2 is 1.38 bits per heavy atom. The summed E-state index contributed by atoms with van der Waals surface area (Å²) in [5.41, 5.74) is 0. The van der Waals surface area contributed by atoms with Crippen LogP contribution in [0.1, 0.15) is 13.8 Å². The molecule has 0 bridgehead atoms. The predicted molar refractivity (Wildman–Crippen MR) is 26.0 cm³/mol. The molecule has 0 atom stereocenters. The number of aliphatic hydroxyl groups excluding tert-OH is 1. The molecule has 0 radical (unpaired) electrons. The quantitative estimate of drug-likeness (QED) is 0.446. The summed E-state index contributed by atoms with van der Waals surface area (Å²) in [5, 5.41) is 8.06. The van der Waals surface area contributed by atoms with Gasteiger partial charge in [0.25, 0.3) is 0 Å². The molecular weight excluding hydrogens is 112 g/mol. The van der Waals surface area contributed by atoms with Gasteiger partial charge >= 0.3 is 6.15 Å². The van der Waals surface area contributed by atoms with Gasteiger partial charge in [-0.2, -0.15) is 9.59 Å². The third-order valence-corrected chi connectivity index (χ3v) is 0. The summed E-state index contributed by atoms with van der Waals surface area (Å²) in [7, 11) is 0. The lowest BCUT2D eigenvalue weighted by Gasteiger charge is -1.80. The lowest BCUT2D eigenvalue weighted by molar-refractivity contribution is -0.191. The number of carbonyl (C=O) groups excluding carboxylic acids is 2. The summed E-state index contributed by atoms with van der Waals surface area (Å²) in [6.45, 7) is 3.44. The van der Waals surface area contributed by atoms with Crippen LogP contribution in [0.15, 0.2) is 0 Å². The van der Waals surface area contributed by atoms with E-state index in [0.717, 1.165) is 0 Å². The topological polar surface area (TPSA) is 85.9 Å². The Bertz CT molecular complexity index is 50.3. The van der Waals surface area contributed by atoms with Gasteiger partial charge in [0.2, 0.25) is 0 Å². The molecule has 0 spiro atoms. The first-order valence-electron chi connectivity index (χ1n) is 1.82. The molecule has 0 heterocycles. The smallest absolute Gasteiger partial charge is 0.373 e. The summed E-state index contributed by atoms with van der Waals surface area (Å²) < 4.78 is 0. The van der Waals surface area contributed by atoms with Gasteiger partial charge in [-0.05, 0) is 13.8 Å². The van der Waals surface area contributed by atoms with Crippen LogP contribution >= 0.6 is 0 Å². The zero-order valence-electron chi connectivity index (χ0n) is 4.84. The number of hydrogen-bond acceptors (Lipinski definition) is 3. The van der Waals surface area contributed by atoms with E-state index in [0.29, 0.717) is 0 Å². The third-order valence-electron chi connectivity index (χ3n) is 0. The van der Waals surface area contributed by atoms with Crippen molar-refractivity contribution >= 4 is 6.15 Å². The maximum atomic E-state index is 8.12. The fourth-order valence-electron chi connectivity index (χ4n) is 0. The molecule has 4 heteroatoms. The maximum absolute atomic E-state index is 8.12. The number of aliphatic hydroxyl groups is 1. The van der Waals surface area contributed by atoms with E-state index in [9.17, 15) is 0 Å². The lowest BCUT2D eigenvalue weighted by Crippen LogP contribution is -1.85. The van der Waals surface area contributed by atoms with E-state index in [2.05, 4.69) is 0 Å². The van der Waals surface area contributed by atoms with Crippen molar-refractivity contribution in [2.45, 2.75) is 20.0 Å². The van der Waals surface area contributed by atoms with E-state index in [1.54, 1.807) is 13.8 Å². The van der Waals surface area contributed by atoms with Gasteiger partial charge in [0.05, 0.1) is 0 Å². The fraction of sp³-hybridized carbons (Fsp3) is 0.750. The maximum Gasteiger partial charge on any atom is 0.373 e. The minimum Gasteiger partial charge on any atom is -0.412 e. The van der Waals surface area contributed by atoms with E-state index in [1.165, 1.54) is 0 Å². The number of hydrogen-bond donors (Lipinski definition) is 1. The Labute approximate surface area is 47.4 Å². The van der Waals surface area contributed by atoms with E-state index >= 15 is 0 Å². The zero-order chi connectivity index (χ0) is 6.28. The van der Waals surface area contributed by atoms with Gasteiger partial charge in [-0.3, -0.25) is 0 Å². The molecule has 0 aliphatic heterocycles. The van der Waals surface area contributed by atoms with Crippen molar-refractivity contribution in [1.82, 2.24) is 0 Å². The van der Waals surface area contributed by atoms with Crippen LogP contribution in [0.5, 0.6) is 0 Å². The highest BCUT2D eigenvalue weighted by Crippen LogP contribution is 1.65. The zero-order valence-corrected chi connectivity index (χ0v) is 4.84. The second-order valence-electron chi connectivity index (χ2n) is 1.18. The molecule has 50 valence electrons. The van der Waals surface area contributed by atoms with E-state index in [4.69, 9.17) is 14.7 Å². The molecule has 0 fully saturated rings. The van der Waals surface area contributed by atoms with E-state index in [1.807, 2.05) is 0 Å². The lowest BCUT2D eigenvalue weighted by atomic mass is 10.5. The van der Waals surface area contributed by atoms with Crippen molar-refractivity contribution in [1.29, 1.82) is 0 Å². The van der Waals surface area contributed by atoms with Crippen LogP contribution in [0.3, 0.4) is 0 Å². The number of rotatable bonds is 0. The van der Waals surface area contributed by atoms with Gasteiger partial charge in [0.1, 0.15) is 0 Å². The first-order valence-corrected chi connectivity index (χ1v) is 1.82. The average Bonchev–Trinajstić information content (AvgIpc) is 1.33. The molecule has 3 N–H and O–H groups in total. The molecule has 0 amide bonds. The van der Waals surface area contributed by atoms with Gasteiger partial charge < -0.3 is 10.6 Å². The van der Waals surface area contributed by atoms with Gasteiger partial charge in [-0.15, -0.1) is 0 Å². The van der Waals surface area contributed by atoms with Crippen LogP contribution in [0, 0.1) is 0 Å². The molecule has 0 rings (SSSR count). The fourth-order valence-corrected chi connectivity index (χ4v) is 0. The van der Waals surface area contributed by atoms with Gasteiger partial charge in [0, 0.05) is 6.10 Å². The summed E-state index contributed by atoms with van der Waals surface area (Å²) in [4.78, 5) is 16.2. The molecule has 0 aromatic heterocycles. The van der Waals surface area contributed by atoms with Crippen molar-refractivity contribution in [2.24, 2.45) is 0 Å². The van der Waals surface area contributed by atoms with Gasteiger partial charge in [-0.25, -0.2) is 0 Å². The van der Waals surface area contributed by atoms with Crippen molar-refractivity contribution in [3.05, 3.63) is 0 Å². The monoisotopic (exact) mass is 122 g/mol. The molecule has 0 aromatic carbocycles. The first kappa shape index (κ1) is 15.7. The molecule has 4 nitrogen and oxygen atoms in total. The highest BCUT2D eigenvalue weighted by Gasteiger charge is 1.69. The van der Waals surface area contributed by atoms with Crippen molar-refractivity contribution < 1.29 is 20.2 Å². The highest BCUT2D eigenvalue weighted by molar-refractivity contribution is 5.20. The molecule has 0 aliphatic rings. The summed E-state index contributed by atoms with van der Waals surface area (Å²) in [6.07, 6.45) is 0.0833. The Morgan fingerprint density at radius 3 is 1.38 bits per heavy atom. The molecule has 0 saturated heterocycles. The van der Waals surface area contributed by atoms with Crippen LogP contribution in [0.25, 0.3) is 0 Å². The molecule has 0 unspecified atom stereocenters. The van der Waals surface area contributed by atoms with E-state index in [-0.39, 0.29) is 17.7 Å². The standard InChI is InChI=1S/C3H8O.CO2.H2O/c1-3(2)4;2-1-3;/h3-4H,1-2H3;;1H2. The molecule has 0 aliphatic carbocycles. The Morgan fingerprint density at radius 1 is 1.38 bits per heavy atom. The van der Waals surface area contributed by atoms with Crippen LogP contribution in [-0.4, -0.2) is 22.8 Å². The van der Waals surface area contributed by atoms with Gasteiger partial charge in [0.15, 0.2) is 0 Å². The second-order valence-corrected chi connectivity index (χ2v) is 1.18. The Balaban J connectivity index is -0.0000000575. The normalized spacial score (nSPS) is 5.50. The summed E-state index contributed by atoms with van der Waals surface area (Å²) in [5.74, 6) is 0. The van der Waals surface area contributed by atoms with Crippen LogP contribution < -0.4 is 0 Å². The third kappa shape index (κ3) is 200. The van der Waals surface area contributed by atoms with Crippen LogP contribution in [-0.2, 0) is 9.59 Å². The Hall–Kier alpha value is -0.700. The SMILES string of the molecule is CC(C)O.O.O=C=O.